The van der Waals surface area contributed by atoms with Crippen molar-refractivity contribution in [1.82, 2.24) is 24.4 Å². The summed E-state index contributed by atoms with van der Waals surface area (Å²) in [7, 11) is 1.81. The highest BCUT2D eigenvalue weighted by Gasteiger charge is 2.28. The Hall–Kier alpha value is -3.20. The summed E-state index contributed by atoms with van der Waals surface area (Å²) in [6.45, 7) is 3.62. The van der Waals surface area contributed by atoms with Crippen LogP contribution in [0.1, 0.15) is 23.2 Å². The van der Waals surface area contributed by atoms with E-state index in [0.717, 1.165) is 32.6 Å². The number of pyridine rings is 2. The molecule has 30 heavy (non-hydrogen) atoms. The third kappa shape index (κ3) is 3.24. The molecular weight excluding hydrogens is 384 g/mol. The molecule has 5 rings (SSSR count). The molecule has 9 heteroatoms. The quantitative estimate of drug-likeness (QED) is 0.704. The number of carbonyl (C=O) groups is 1. The van der Waals surface area contributed by atoms with E-state index in [4.69, 9.17) is 9.72 Å². The molecule has 0 aromatic carbocycles. The van der Waals surface area contributed by atoms with Gasteiger partial charge in [0.15, 0.2) is 5.65 Å². The Bertz CT molecular complexity index is 1150. The Morgan fingerprint density at radius 2 is 2.13 bits per heavy atom. The van der Waals surface area contributed by atoms with Gasteiger partial charge in [-0.2, -0.15) is 0 Å². The van der Waals surface area contributed by atoms with Crippen LogP contribution in [0.3, 0.4) is 0 Å². The first-order chi connectivity index (χ1) is 14.6. The van der Waals surface area contributed by atoms with E-state index in [1.807, 2.05) is 13.1 Å². The Balaban J connectivity index is 1.60. The van der Waals surface area contributed by atoms with Crippen LogP contribution in [-0.2, 0) is 4.74 Å². The molecule has 5 heterocycles. The van der Waals surface area contributed by atoms with Crippen LogP contribution >= 0.6 is 0 Å². The number of hydrogen-bond acceptors (Lipinski definition) is 6. The molecule has 0 radical (unpaired) electrons. The fourth-order valence-corrected chi connectivity index (χ4v) is 4.26. The van der Waals surface area contributed by atoms with E-state index in [2.05, 4.69) is 14.9 Å². The third-order valence-electron chi connectivity index (χ3n) is 5.86. The van der Waals surface area contributed by atoms with E-state index in [-0.39, 0.29) is 11.6 Å². The number of nitrogens with zero attached hydrogens (tertiary/aromatic N) is 5. The molecule has 1 saturated heterocycles. The van der Waals surface area contributed by atoms with Gasteiger partial charge in [-0.25, -0.2) is 19.3 Å². The lowest BCUT2D eigenvalue weighted by Gasteiger charge is -2.30. The monoisotopic (exact) mass is 408 g/mol. The molecule has 1 unspecified atom stereocenters. The highest BCUT2D eigenvalue weighted by atomic mass is 16.5. The van der Waals surface area contributed by atoms with Crippen molar-refractivity contribution in [2.24, 2.45) is 5.92 Å². The summed E-state index contributed by atoms with van der Waals surface area (Å²) < 4.78 is 7.15. The van der Waals surface area contributed by atoms with E-state index < -0.39 is 0 Å². The topological polar surface area (TPSA) is 96.3 Å². The summed E-state index contributed by atoms with van der Waals surface area (Å²) in [6.07, 6.45) is 3.79. The minimum Gasteiger partial charge on any atom is -0.381 e. The minimum absolute atomic E-state index is 0.0561. The van der Waals surface area contributed by atoms with Gasteiger partial charge in [-0.15, -0.1) is 0 Å². The van der Waals surface area contributed by atoms with Crippen LogP contribution in [0.25, 0.3) is 17.0 Å². The zero-order valence-electron chi connectivity index (χ0n) is 16.9. The van der Waals surface area contributed by atoms with Gasteiger partial charge in [0.1, 0.15) is 11.6 Å². The first-order valence-electron chi connectivity index (χ1n) is 10.3. The number of H-pyrrole nitrogens is 1. The van der Waals surface area contributed by atoms with Crippen LogP contribution in [0.4, 0.5) is 5.82 Å². The third-order valence-corrected chi connectivity index (χ3v) is 5.86. The van der Waals surface area contributed by atoms with Crippen molar-refractivity contribution in [2.75, 3.05) is 44.8 Å². The lowest BCUT2D eigenvalue weighted by atomic mass is 10.0. The number of aromatic nitrogens is 4. The van der Waals surface area contributed by atoms with Crippen molar-refractivity contribution >= 4 is 22.9 Å². The van der Waals surface area contributed by atoms with Gasteiger partial charge < -0.3 is 14.5 Å². The zero-order valence-corrected chi connectivity index (χ0v) is 16.9. The second-order valence-corrected chi connectivity index (χ2v) is 7.93. The number of nitrogens with one attached hydrogen (secondary N) is 1. The van der Waals surface area contributed by atoms with Crippen LogP contribution in [-0.4, -0.2) is 70.2 Å². The van der Waals surface area contributed by atoms with Gasteiger partial charge >= 0.3 is 5.69 Å². The maximum Gasteiger partial charge on any atom is 0.333 e. The van der Waals surface area contributed by atoms with Crippen LogP contribution in [0.2, 0.25) is 0 Å². The number of hydrogen-bond donors (Lipinski definition) is 1. The van der Waals surface area contributed by atoms with Gasteiger partial charge in [-0.1, -0.05) is 0 Å². The van der Waals surface area contributed by atoms with E-state index >= 15 is 0 Å². The first-order valence-corrected chi connectivity index (χ1v) is 10.3. The van der Waals surface area contributed by atoms with Crippen molar-refractivity contribution < 1.29 is 9.53 Å². The summed E-state index contributed by atoms with van der Waals surface area (Å²) in [5.41, 5.74) is 1.41. The smallest absolute Gasteiger partial charge is 0.333 e. The summed E-state index contributed by atoms with van der Waals surface area (Å²) in [6, 6.07) is 7.10. The minimum atomic E-state index is -0.305. The Kier molecular flexibility index (Phi) is 4.74. The summed E-state index contributed by atoms with van der Waals surface area (Å²) in [5, 5.41) is 0. The predicted octanol–water partition coefficient (Wildman–Crippen LogP) is 1.43. The van der Waals surface area contributed by atoms with Gasteiger partial charge in [-0.05, 0) is 43.0 Å². The molecular formula is C21H24N6O3. The number of ether oxygens (including phenoxy) is 1. The molecule has 1 N–H and O–H groups in total. The van der Waals surface area contributed by atoms with Crippen LogP contribution in [0.5, 0.6) is 0 Å². The zero-order chi connectivity index (χ0) is 20.7. The molecule has 0 aliphatic carbocycles. The van der Waals surface area contributed by atoms with Crippen molar-refractivity contribution in [3.63, 3.8) is 0 Å². The molecule has 0 bridgehead atoms. The van der Waals surface area contributed by atoms with Crippen LogP contribution in [0.15, 0.2) is 35.3 Å². The molecule has 2 aliphatic rings. The maximum absolute atomic E-state index is 12.9. The summed E-state index contributed by atoms with van der Waals surface area (Å²) >= 11 is 0. The van der Waals surface area contributed by atoms with Gasteiger partial charge in [-0.3, -0.25) is 9.78 Å². The highest BCUT2D eigenvalue weighted by molar-refractivity contribution is 5.99. The fourth-order valence-electron chi connectivity index (χ4n) is 4.26. The number of likely N-dealkylation sites (N-methyl/N-ethyl adjacent to an activating group) is 1. The van der Waals surface area contributed by atoms with Crippen molar-refractivity contribution in [1.29, 1.82) is 0 Å². The molecule has 2 aliphatic heterocycles. The molecule has 3 aromatic heterocycles. The molecule has 0 saturated carbocycles. The molecule has 1 atom stereocenters. The number of imidazole rings is 1. The molecule has 1 fully saturated rings. The largest absolute Gasteiger partial charge is 0.381 e. The van der Waals surface area contributed by atoms with Gasteiger partial charge in [0.05, 0.1) is 17.7 Å². The fraction of sp³-hybridized carbons (Fsp3) is 0.429. The lowest BCUT2D eigenvalue weighted by Crippen LogP contribution is -2.37. The van der Waals surface area contributed by atoms with E-state index in [0.29, 0.717) is 47.4 Å². The molecule has 1 amide bonds. The highest BCUT2D eigenvalue weighted by Crippen LogP contribution is 2.27. The number of amides is 1. The SMILES string of the molecule is CN1CCN(CC2CCCOC2)c2nc(-n3c(=O)[nH]c4ncccc43)ccc2C1=O. The molecule has 3 aromatic rings. The first kappa shape index (κ1) is 18.8. The summed E-state index contributed by atoms with van der Waals surface area (Å²) in [4.78, 5) is 41.2. The van der Waals surface area contributed by atoms with Crippen molar-refractivity contribution in [2.45, 2.75) is 12.8 Å². The number of rotatable bonds is 3. The van der Waals surface area contributed by atoms with Gasteiger partial charge in [0, 0.05) is 39.5 Å². The maximum atomic E-state index is 12.9. The Morgan fingerprint density at radius 1 is 1.23 bits per heavy atom. The van der Waals surface area contributed by atoms with Crippen molar-refractivity contribution in [3.05, 3.63) is 46.5 Å². The Labute approximate surface area is 173 Å². The van der Waals surface area contributed by atoms with Gasteiger partial charge in [0.25, 0.3) is 5.91 Å². The predicted molar refractivity (Wildman–Crippen MR) is 112 cm³/mol. The molecule has 0 spiro atoms. The van der Waals surface area contributed by atoms with E-state index in [1.54, 1.807) is 29.3 Å². The summed E-state index contributed by atoms with van der Waals surface area (Å²) in [5.74, 6) is 1.44. The van der Waals surface area contributed by atoms with Gasteiger partial charge in [0.2, 0.25) is 0 Å². The average molecular weight is 408 g/mol. The lowest BCUT2D eigenvalue weighted by molar-refractivity contribution is 0.0571. The number of anilines is 1. The average Bonchev–Trinajstić information content (AvgIpc) is 3.06. The van der Waals surface area contributed by atoms with E-state index in [9.17, 15) is 9.59 Å². The van der Waals surface area contributed by atoms with Crippen molar-refractivity contribution in [3.8, 4) is 5.82 Å². The second kappa shape index (κ2) is 7.56. The second-order valence-electron chi connectivity index (χ2n) is 7.93. The number of carbonyl (C=O) groups excluding carboxylic acids is 1. The molecule has 156 valence electrons. The standard InChI is InChI=1S/C21H24N6O3/c1-25-9-10-26(12-14-4-3-11-30-13-14)19-15(20(25)28)6-7-17(23-19)27-16-5-2-8-22-18(16)24-21(27)29/h2,5-8,14H,3-4,9-13H2,1H3,(H,22,24,29). The normalized spacial score (nSPS) is 19.8. The van der Waals surface area contributed by atoms with Crippen LogP contribution < -0.4 is 10.6 Å². The molecule has 9 nitrogen and oxygen atoms in total. The van der Waals surface area contributed by atoms with E-state index in [1.165, 1.54) is 4.57 Å². The van der Waals surface area contributed by atoms with Crippen LogP contribution in [0, 0.1) is 5.92 Å². The number of aromatic amines is 1. The number of fused-ring (bicyclic) bond motifs is 2. The Morgan fingerprint density at radius 3 is 2.97 bits per heavy atom.